The second kappa shape index (κ2) is 4.88. The van der Waals surface area contributed by atoms with Crippen molar-refractivity contribution in [1.29, 1.82) is 0 Å². The molecule has 0 saturated carbocycles. The van der Waals surface area contributed by atoms with Gasteiger partial charge in [0.2, 0.25) is 0 Å². The van der Waals surface area contributed by atoms with Gasteiger partial charge in [0, 0.05) is 6.42 Å². The minimum atomic E-state index is -5.38. The largest absolute Gasteiger partial charge is 0.400 e. The van der Waals surface area contributed by atoms with Crippen molar-refractivity contribution >= 4 is 5.78 Å². The van der Waals surface area contributed by atoms with E-state index >= 15 is 0 Å². The molecule has 0 aliphatic rings. The van der Waals surface area contributed by atoms with Crippen molar-refractivity contribution in [1.82, 2.24) is 0 Å². The van der Waals surface area contributed by atoms with E-state index in [2.05, 4.69) is 6.58 Å². The summed E-state index contributed by atoms with van der Waals surface area (Å²) in [5, 5.41) is 0. The van der Waals surface area contributed by atoms with Crippen LogP contribution in [0.1, 0.15) is 19.8 Å². The zero-order valence-electron chi connectivity index (χ0n) is 8.37. The number of alkyl halides is 6. The van der Waals surface area contributed by atoms with E-state index in [1.54, 1.807) is 0 Å². The Morgan fingerprint density at radius 1 is 1.12 bits per heavy atom. The van der Waals surface area contributed by atoms with Crippen LogP contribution in [-0.2, 0) is 4.79 Å². The van der Waals surface area contributed by atoms with Crippen LogP contribution >= 0.6 is 0 Å². The van der Waals surface area contributed by atoms with Crippen LogP contribution in [0.4, 0.5) is 26.3 Å². The number of hydrogen-bond donors (Lipinski definition) is 0. The lowest BCUT2D eigenvalue weighted by Gasteiger charge is -2.22. The van der Waals surface area contributed by atoms with Crippen molar-refractivity contribution in [2.75, 3.05) is 0 Å². The van der Waals surface area contributed by atoms with Gasteiger partial charge in [-0.15, -0.1) is 0 Å². The van der Waals surface area contributed by atoms with Crippen molar-refractivity contribution in [3.05, 3.63) is 12.2 Å². The van der Waals surface area contributed by atoms with Crippen LogP contribution in [0.25, 0.3) is 0 Å². The molecule has 0 aliphatic carbocycles. The highest BCUT2D eigenvalue weighted by Crippen LogP contribution is 2.41. The van der Waals surface area contributed by atoms with E-state index in [9.17, 15) is 31.1 Å². The molecule has 0 amide bonds. The SMILES string of the molecule is C=C(C)C(=O)CCC(C(F)(F)F)C(F)(F)F. The molecule has 0 saturated heterocycles. The molecular formula is C9H10F6O. The average Bonchev–Trinajstić information content (AvgIpc) is 1.98. The third kappa shape index (κ3) is 4.67. The third-order valence-corrected chi connectivity index (χ3v) is 1.93. The Morgan fingerprint density at radius 3 is 1.75 bits per heavy atom. The van der Waals surface area contributed by atoms with Gasteiger partial charge in [-0.25, -0.2) is 0 Å². The molecule has 0 rings (SSSR count). The first-order valence-corrected chi connectivity index (χ1v) is 4.28. The first-order valence-electron chi connectivity index (χ1n) is 4.28. The van der Waals surface area contributed by atoms with Gasteiger partial charge in [0.05, 0.1) is 0 Å². The van der Waals surface area contributed by atoms with E-state index < -0.39 is 36.9 Å². The zero-order valence-corrected chi connectivity index (χ0v) is 8.37. The summed E-state index contributed by atoms with van der Waals surface area (Å²) in [4.78, 5) is 10.9. The van der Waals surface area contributed by atoms with Gasteiger partial charge >= 0.3 is 12.4 Å². The van der Waals surface area contributed by atoms with E-state index in [1.165, 1.54) is 6.92 Å². The van der Waals surface area contributed by atoms with E-state index in [-0.39, 0.29) is 5.57 Å². The molecule has 0 atom stereocenters. The van der Waals surface area contributed by atoms with Crippen molar-refractivity contribution in [2.45, 2.75) is 32.1 Å². The number of allylic oxidation sites excluding steroid dienone is 1. The van der Waals surface area contributed by atoms with Gasteiger partial charge in [0.15, 0.2) is 11.7 Å². The summed E-state index contributed by atoms with van der Waals surface area (Å²) in [5.41, 5.74) is -0.0527. The van der Waals surface area contributed by atoms with Crippen LogP contribution in [0, 0.1) is 5.92 Å². The molecule has 0 N–H and O–H groups in total. The number of Topliss-reactive ketones (excluding diaryl/α,β-unsaturated/α-hetero) is 1. The molecule has 16 heavy (non-hydrogen) atoms. The fourth-order valence-electron chi connectivity index (χ4n) is 1.00. The highest BCUT2D eigenvalue weighted by atomic mass is 19.4. The lowest BCUT2D eigenvalue weighted by Crippen LogP contribution is -2.36. The first-order chi connectivity index (χ1) is 6.96. The summed E-state index contributed by atoms with van der Waals surface area (Å²) >= 11 is 0. The van der Waals surface area contributed by atoms with Crippen molar-refractivity contribution in [2.24, 2.45) is 5.92 Å². The lowest BCUT2D eigenvalue weighted by molar-refractivity contribution is -0.285. The van der Waals surface area contributed by atoms with Gasteiger partial charge in [0.1, 0.15) is 0 Å². The standard InChI is InChI=1S/C9H10F6O/c1-5(2)6(16)3-4-7(8(10,11)12)9(13,14)15/h7H,1,3-4H2,2H3. The van der Waals surface area contributed by atoms with Gasteiger partial charge < -0.3 is 0 Å². The Morgan fingerprint density at radius 2 is 1.50 bits per heavy atom. The van der Waals surface area contributed by atoms with E-state index in [4.69, 9.17) is 0 Å². The highest BCUT2D eigenvalue weighted by molar-refractivity contribution is 5.94. The van der Waals surface area contributed by atoms with Crippen LogP contribution in [0.5, 0.6) is 0 Å². The molecule has 0 unspecified atom stereocenters. The molecule has 1 nitrogen and oxygen atoms in total. The number of hydrogen-bond acceptors (Lipinski definition) is 1. The maximum atomic E-state index is 12.0. The zero-order chi connectivity index (χ0) is 13.1. The number of rotatable bonds is 4. The van der Waals surface area contributed by atoms with Crippen molar-refractivity contribution in [3.8, 4) is 0 Å². The monoisotopic (exact) mass is 248 g/mol. The fraction of sp³-hybridized carbons (Fsp3) is 0.667. The topological polar surface area (TPSA) is 17.1 Å². The second-order valence-corrected chi connectivity index (χ2v) is 3.38. The van der Waals surface area contributed by atoms with Crippen LogP contribution in [-0.4, -0.2) is 18.1 Å². The molecule has 0 aromatic heterocycles. The van der Waals surface area contributed by atoms with Crippen molar-refractivity contribution in [3.63, 3.8) is 0 Å². The molecule has 0 radical (unpaired) electrons. The van der Waals surface area contributed by atoms with Crippen LogP contribution < -0.4 is 0 Å². The molecule has 0 spiro atoms. The first kappa shape index (κ1) is 15.0. The summed E-state index contributed by atoms with van der Waals surface area (Å²) in [5.74, 6) is -4.25. The quantitative estimate of drug-likeness (QED) is 0.548. The lowest BCUT2D eigenvalue weighted by atomic mass is 9.98. The van der Waals surface area contributed by atoms with E-state index in [0.29, 0.717) is 0 Å². The predicted molar refractivity (Wildman–Crippen MR) is 44.7 cm³/mol. The predicted octanol–water partition coefficient (Wildman–Crippen LogP) is 3.65. The van der Waals surface area contributed by atoms with Gasteiger partial charge in [0.25, 0.3) is 0 Å². The summed E-state index contributed by atoms with van der Waals surface area (Å²) in [6.07, 6.45) is -12.9. The van der Waals surface area contributed by atoms with E-state index in [1.807, 2.05) is 0 Å². The number of carbonyl (C=O) groups excluding carboxylic acids is 1. The number of halogens is 6. The summed E-state index contributed by atoms with van der Waals surface area (Å²) in [6, 6.07) is 0. The number of ketones is 1. The van der Waals surface area contributed by atoms with Crippen LogP contribution in [0.15, 0.2) is 12.2 Å². The molecule has 0 heterocycles. The summed E-state index contributed by atoms with van der Waals surface area (Å²) in [7, 11) is 0. The van der Waals surface area contributed by atoms with Gasteiger partial charge in [-0.05, 0) is 18.9 Å². The Bertz CT molecular complexity index is 261. The molecule has 0 aromatic carbocycles. The molecule has 0 aliphatic heterocycles. The summed E-state index contributed by atoms with van der Waals surface area (Å²) < 4.78 is 72.1. The smallest absolute Gasteiger partial charge is 0.295 e. The fourth-order valence-corrected chi connectivity index (χ4v) is 1.00. The molecular weight excluding hydrogens is 238 g/mol. The van der Waals surface area contributed by atoms with Crippen molar-refractivity contribution < 1.29 is 31.1 Å². The van der Waals surface area contributed by atoms with Gasteiger partial charge in [-0.1, -0.05) is 6.58 Å². The summed E-state index contributed by atoms with van der Waals surface area (Å²) in [6.45, 7) is 4.38. The van der Waals surface area contributed by atoms with Crippen LogP contribution in [0.2, 0.25) is 0 Å². The Labute approximate surface area is 88.1 Å². The molecule has 94 valence electrons. The Balaban J connectivity index is 4.60. The molecule has 0 bridgehead atoms. The van der Waals surface area contributed by atoms with Crippen LogP contribution in [0.3, 0.4) is 0 Å². The van der Waals surface area contributed by atoms with Gasteiger partial charge in [-0.2, -0.15) is 26.3 Å². The Kier molecular flexibility index (Phi) is 4.57. The molecule has 0 aromatic rings. The minimum Gasteiger partial charge on any atom is -0.295 e. The number of carbonyl (C=O) groups is 1. The maximum absolute atomic E-state index is 12.0. The van der Waals surface area contributed by atoms with Gasteiger partial charge in [-0.3, -0.25) is 4.79 Å². The Hall–Kier alpha value is -1.01. The maximum Gasteiger partial charge on any atom is 0.400 e. The van der Waals surface area contributed by atoms with E-state index in [0.717, 1.165) is 0 Å². The highest BCUT2D eigenvalue weighted by Gasteiger charge is 2.55. The average molecular weight is 248 g/mol. The second-order valence-electron chi connectivity index (χ2n) is 3.38. The normalized spacial score (nSPS) is 13.0. The molecule has 0 fully saturated rings. The third-order valence-electron chi connectivity index (χ3n) is 1.93. The minimum absolute atomic E-state index is 0.0527. The molecule has 7 heteroatoms.